The number of nitrogens with zero attached hydrogens (tertiary/aromatic N) is 1. The van der Waals surface area contributed by atoms with Crippen molar-refractivity contribution in [2.75, 3.05) is 0 Å². The lowest BCUT2D eigenvalue weighted by Crippen LogP contribution is -1.99. The van der Waals surface area contributed by atoms with E-state index in [2.05, 4.69) is 0 Å². The van der Waals surface area contributed by atoms with Crippen molar-refractivity contribution >= 4 is 12.0 Å². The lowest BCUT2D eigenvalue weighted by molar-refractivity contribution is -0.384. The first kappa shape index (κ1) is 13.7. The standard InChI is InChI=1S/C15H13NO4/c1-11-2-7-15(13(8-11)9-17)20-10-12-3-5-14(6-4-12)16(18)19/h2-9H,10H2,1H3. The Bertz CT molecular complexity index is 635. The summed E-state index contributed by atoms with van der Waals surface area (Å²) < 4.78 is 5.57. The zero-order chi connectivity index (χ0) is 14.5. The number of nitro groups is 1. The van der Waals surface area contributed by atoms with Gasteiger partial charge in [-0.2, -0.15) is 0 Å². The summed E-state index contributed by atoms with van der Waals surface area (Å²) in [6.45, 7) is 2.15. The second kappa shape index (κ2) is 5.97. The van der Waals surface area contributed by atoms with Crippen LogP contribution in [0.5, 0.6) is 5.75 Å². The summed E-state index contributed by atoms with van der Waals surface area (Å²) >= 11 is 0. The van der Waals surface area contributed by atoms with Crippen molar-refractivity contribution in [3.8, 4) is 5.75 Å². The molecular formula is C15H13NO4. The van der Waals surface area contributed by atoms with Crippen LogP contribution in [-0.2, 0) is 6.61 Å². The van der Waals surface area contributed by atoms with Crippen molar-refractivity contribution in [3.05, 3.63) is 69.3 Å². The molecule has 0 bridgehead atoms. The van der Waals surface area contributed by atoms with E-state index in [0.29, 0.717) is 11.3 Å². The van der Waals surface area contributed by atoms with Gasteiger partial charge in [0.2, 0.25) is 0 Å². The van der Waals surface area contributed by atoms with Crippen LogP contribution in [-0.4, -0.2) is 11.2 Å². The maximum absolute atomic E-state index is 11.0. The molecule has 5 heteroatoms. The number of carbonyl (C=O) groups is 1. The average molecular weight is 271 g/mol. The van der Waals surface area contributed by atoms with Gasteiger partial charge in [0.05, 0.1) is 10.5 Å². The number of benzene rings is 2. The van der Waals surface area contributed by atoms with Gasteiger partial charge < -0.3 is 4.74 Å². The molecule has 0 N–H and O–H groups in total. The van der Waals surface area contributed by atoms with E-state index in [1.54, 1.807) is 24.3 Å². The number of hydrogen-bond donors (Lipinski definition) is 0. The van der Waals surface area contributed by atoms with Gasteiger partial charge in [0.25, 0.3) is 5.69 Å². The van der Waals surface area contributed by atoms with E-state index in [-0.39, 0.29) is 12.3 Å². The zero-order valence-electron chi connectivity index (χ0n) is 10.9. The Balaban J connectivity index is 2.08. The van der Waals surface area contributed by atoms with Crippen LogP contribution >= 0.6 is 0 Å². The zero-order valence-corrected chi connectivity index (χ0v) is 10.9. The molecule has 0 saturated heterocycles. The highest BCUT2D eigenvalue weighted by Gasteiger charge is 2.06. The Morgan fingerprint density at radius 1 is 1.20 bits per heavy atom. The molecule has 0 aromatic heterocycles. The first-order valence-electron chi connectivity index (χ1n) is 6.02. The maximum Gasteiger partial charge on any atom is 0.269 e. The molecule has 0 spiro atoms. The van der Waals surface area contributed by atoms with Gasteiger partial charge in [0.15, 0.2) is 6.29 Å². The number of hydrogen-bond acceptors (Lipinski definition) is 4. The van der Waals surface area contributed by atoms with Crippen molar-refractivity contribution < 1.29 is 14.5 Å². The highest BCUT2D eigenvalue weighted by Crippen LogP contribution is 2.20. The number of nitro benzene ring substituents is 1. The quantitative estimate of drug-likeness (QED) is 0.475. The molecule has 5 nitrogen and oxygen atoms in total. The predicted octanol–water partition coefficient (Wildman–Crippen LogP) is 3.29. The first-order valence-corrected chi connectivity index (χ1v) is 6.02. The van der Waals surface area contributed by atoms with Crippen LogP contribution in [0, 0.1) is 17.0 Å². The van der Waals surface area contributed by atoms with Crippen molar-refractivity contribution in [3.63, 3.8) is 0 Å². The molecule has 0 unspecified atom stereocenters. The fraction of sp³-hybridized carbons (Fsp3) is 0.133. The van der Waals surface area contributed by atoms with Crippen molar-refractivity contribution in [1.82, 2.24) is 0 Å². The van der Waals surface area contributed by atoms with Gasteiger partial charge in [-0.25, -0.2) is 0 Å². The molecular weight excluding hydrogens is 258 g/mol. The molecule has 2 aromatic carbocycles. The van der Waals surface area contributed by atoms with E-state index in [1.807, 2.05) is 13.0 Å². The molecule has 0 aliphatic rings. The van der Waals surface area contributed by atoms with Crippen LogP contribution in [0.2, 0.25) is 0 Å². The normalized spacial score (nSPS) is 10.1. The molecule has 0 amide bonds. The Labute approximate surface area is 116 Å². The average Bonchev–Trinajstić information content (AvgIpc) is 2.46. The molecule has 2 aromatic rings. The number of ether oxygens (including phenoxy) is 1. The molecule has 2 rings (SSSR count). The van der Waals surface area contributed by atoms with Crippen molar-refractivity contribution in [2.24, 2.45) is 0 Å². The van der Waals surface area contributed by atoms with Crippen LogP contribution < -0.4 is 4.74 Å². The van der Waals surface area contributed by atoms with E-state index in [0.717, 1.165) is 17.4 Å². The third-order valence-corrected chi connectivity index (χ3v) is 2.83. The number of aldehydes is 1. The first-order chi connectivity index (χ1) is 9.60. The lowest BCUT2D eigenvalue weighted by atomic mass is 10.1. The van der Waals surface area contributed by atoms with E-state index < -0.39 is 4.92 Å². The van der Waals surface area contributed by atoms with E-state index in [1.165, 1.54) is 12.1 Å². The molecule has 20 heavy (non-hydrogen) atoms. The van der Waals surface area contributed by atoms with E-state index >= 15 is 0 Å². The van der Waals surface area contributed by atoms with Gasteiger partial charge in [0, 0.05) is 12.1 Å². The predicted molar refractivity (Wildman–Crippen MR) is 74.0 cm³/mol. The van der Waals surface area contributed by atoms with Gasteiger partial charge in [-0.05, 0) is 36.8 Å². The fourth-order valence-corrected chi connectivity index (χ4v) is 1.77. The summed E-state index contributed by atoms with van der Waals surface area (Å²) in [6, 6.07) is 11.5. The smallest absolute Gasteiger partial charge is 0.269 e. The Morgan fingerprint density at radius 2 is 1.90 bits per heavy atom. The summed E-state index contributed by atoms with van der Waals surface area (Å²) in [6.07, 6.45) is 0.748. The minimum absolute atomic E-state index is 0.0395. The Morgan fingerprint density at radius 3 is 2.50 bits per heavy atom. The number of carbonyl (C=O) groups excluding carboxylic acids is 1. The molecule has 0 aliphatic carbocycles. The summed E-state index contributed by atoms with van der Waals surface area (Å²) in [4.78, 5) is 21.0. The van der Waals surface area contributed by atoms with Crippen molar-refractivity contribution in [1.29, 1.82) is 0 Å². The van der Waals surface area contributed by atoms with Crippen LogP contribution in [0.15, 0.2) is 42.5 Å². The monoisotopic (exact) mass is 271 g/mol. The van der Waals surface area contributed by atoms with Crippen LogP contribution in [0.3, 0.4) is 0 Å². The molecule has 0 atom stereocenters. The van der Waals surface area contributed by atoms with Crippen molar-refractivity contribution in [2.45, 2.75) is 13.5 Å². The largest absolute Gasteiger partial charge is 0.488 e. The molecule has 0 aliphatic heterocycles. The lowest BCUT2D eigenvalue weighted by Gasteiger charge is -2.09. The van der Waals surface area contributed by atoms with Crippen LogP contribution in [0.25, 0.3) is 0 Å². The summed E-state index contributed by atoms with van der Waals surface area (Å²) in [5, 5.41) is 10.5. The van der Waals surface area contributed by atoms with Gasteiger partial charge in [-0.3, -0.25) is 14.9 Å². The minimum Gasteiger partial charge on any atom is -0.488 e. The molecule has 102 valence electrons. The molecule has 0 heterocycles. The summed E-state index contributed by atoms with van der Waals surface area (Å²) in [7, 11) is 0. The number of rotatable bonds is 5. The van der Waals surface area contributed by atoms with E-state index in [4.69, 9.17) is 4.74 Å². The highest BCUT2D eigenvalue weighted by atomic mass is 16.6. The molecule has 0 saturated carbocycles. The fourth-order valence-electron chi connectivity index (χ4n) is 1.77. The summed E-state index contributed by atoms with van der Waals surface area (Å²) in [5.74, 6) is 0.504. The van der Waals surface area contributed by atoms with Gasteiger partial charge >= 0.3 is 0 Å². The van der Waals surface area contributed by atoms with Crippen LogP contribution in [0.1, 0.15) is 21.5 Å². The van der Waals surface area contributed by atoms with Gasteiger partial charge in [-0.1, -0.05) is 11.6 Å². The highest BCUT2D eigenvalue weighted by molar-refractivity contribution is 5.79. The SMILES string of the molecule is Cc1ccc(OCc2ccc([N+](=O)[O-])cc2)c(C=O)c1. The second-order valence-electron chi connectivity index (χ2n) is 4.37. The molecule has 0 fully saturated rings. The second-order valence-corrected chi connectivity index (χ2v) is 4.37. The Kier molecular flexibility index (Phi) is 4.10. The third kappa shape index (κ3) is 3.20. The maximum atomic E-state index is 11.0. The van der Waals surface area contributed by atoms with Gasteiger partial charge in [-0.15, -0.1) is 0 Å². The number of non-ortho nitro benzene ring substituents is 1. The topological polar surface area (TPSA) is 69.4 Å². The summed E-state index contributed by atoms with van der Waals surface area (Å²) in [5.41, 5.74) is 2.31. The van der Waals surface area contributed by atoms with Crippen LogP contribution in [0.4, 0.5) is 5.69 Å². The van der Waals surface area contributed by atoms with E-state index in [9.17, 15) is 14.9 Å². The molecule has 0 radical (unpaired) electrons. The van der Waals surface area contributed by atoms with Gasteiger partial charge in [0.1, 0.15) is 12.4 Å². The Hall–Kier alpha value is -2.69. The minimum atomic E-state index is -0.449. The number of aryl methyl sites for hydroxylation is 1. The third-order valence-electron chi connectivity index (χ3n) is 2.83.